The fraction of sp³-hybridized carbons (Fsp3) is 0.200. The fourth-order valence-corrected chi connectivity index (χ4v) is 3.19. The molecule has 3 heterocycles. The van der Waals surface area contributed by atoms with Crippen LogP contribution in [0.1, 0.15) is 38.6 Å². The average Bonchev–Trinajstić information content (AvgIpc) is 3.11. The third-order valence-corrected chi connectivity index (χ3v) is 4.46. The van der Waals surface area contributed by atoms with Crippen molar-refractivity contribution in [1.82, 2.24) is 10.1 Å². The molecule has 27 heavy (non-hydrogen) atoms. The zero-order valence-corrected chi connectivity index (χ0v) is 14.8. The van der Waals surface area contributed by atoms with E-state index in [4.69, 9.17) is 4.52 Å². The molecule has 0 atom stereocenters. The number of carbonyl (C=O) groups excluding carboxylic acids is 2. The second-order valence-corrected chi connectivity index (χ2v) is 6.40. The minimum absolute atomic E-state index is 0.143. The molecule has 7 heteroatoms. The Hall–Kier alpha value is -3.48. The number of hydrogen-bond donors (Lipinski definition) is 1. The van der Waals surface area contributed by atoms with Crippen molar-refractivity contribution in [3.63, 3.8) is 0 Å². The highest BCUT2D eigenvalue weighted by Crippen LogP contribution is 2.28. The molecule has 1 aromatic carbocycles. The van der Waals surface area contributed by atoms with Gasteiger partial charge in [0.15, 0.2) is 5.82 Å². The molecular weight excluding hydrogens is 344 g/mol. The van der Waals surface area contributed by atoms with Crippen LogP contribution >= 0.6 is 0 Å². The Morgan fingerprint density at radius 2 is 2.04 bits per heavy atom. The quantitative estimate of drug-likeness (QED) is 0.773. The Labute approximate surface area is 156 Å². The van der Waals surface area contributed by atoms with Gasteiger partial charge in [-0.1, -0.05) is 23.4 Å². The first-order valence-corrected chi connectivity index (χ1v) is 8.72. The van der Waals surface area contributed by atoms with E-state index in [9.17, 15) is 9.59 Å². The molecule has 2 aromatic heterocycles. The SMILES string of the molecule is Cc1cc(NC(=O)c2cc(C(=O)N3CCCc4ccccc43)ccn2)no1. The number of aryl methyl sites for hydroxylation is 2. The van der Waals surface area contributed by atoms with Crippen LogP contribution in [0, 0.1) is 6.92 Å². The molecule has 1 aliphatic heterocycles. The summed E-state index contributed by atoms with van der Waals surface area (Å²) in [6.07, 6.45) is 3.33. The molecule has 0 unspecified atom stereocenters. The lowest BCUT2D eigenvalue weighted by Gasteiger charge is -2.29. The predicted octanol–water partition coefficient (Wildman–Crippen LogP) is 3.22. The van der Waals surface area contributed by atoms with Crippen molar-refractivity contribution in [2.45, 2.75) is 19.8 Å². The van der Waals surface area contributed by atoms with Gasteiger partial charge in [-0.15, -0.1) is 0 Å². The van der Waals surface area contributed by atoms with Crippen LogP contribution in [0.5, 0.6) is 0 Å². The molecule has 0 fully saturated rings. The number of carbonyl (C=O) groups is 2. The van der Waals surface area contributed by atoms with Gasteiger partial charge in [0.1, 0.15) is 11.5 Å². The molecule has 1 aliphatic rings. The van der Waals surface area contributed by atoms with E-state index in [0.29, 0.717) is 23.7 Å². The lowest BCUT2D eigenvalue weighted by atomic mass is 10.0. The number of rotatable bonds is 3. The summed E-state index contributed by atoms with van der Waals surface area (Å²) in [6.45, 7) is 2.38. The number of aromatic nitrogens is 2. The van der Waals surface area contributed by atoms with Crippen molar-refractivity contribution in [3.05, 3.63) is 71.2 Å². The highest BCUT2D eigenvalue weighted by Gasteiger charge is 2.24. The summed E-state index contributed by atoms with van der Waals surface area (Å²) < 4.78 is 4.93. The van der Waals surface area contributed by atoms with Crippen molar-refractivity contribution in [3.8, 4) is 0 Å². The van der Waals surface area contributed by atoms with Crippen molar-refractivity contribution < 1.29 is 14.1 Å². The van der Waals surface area contributed by atoms with E-state index in [0.717, 1.165) is 24.1 Å². The standard InChI is InChI=1S/C20H18N4O3/c1-13-11-18(23-27-13)22-19(25)16-12-15(8-9-21-16)20(26)24-10-4-6-14-5-2-3-7-17(14)24/h2-3,5,7-9,11-12H,4,6,10H2,1H3,(H,22,23,25). The molecule has 0 bridgehead atoms. The highest BCUT2D eigenvalue weighted by molar-refractivity contribution is 6.09. The summed E-state index contributed by atoms with van der Waals surface area (Å²) in [5.74, 6) is 0.305. The largest absolute Gasteiger partial charge is 0.360 e. The number of fused-ring (bicyclic) bond motifs is 1. The van der Waals surface area contributed by atoms with Gasteiger partial charge in [0.2, 0.25) is 0 Å². The molecule has 0 saturated carbocycles. The van der Waals surface area contributed by atoms with E-state index < -0.39 is 5.91 Å². The van der Waals surface area contributed by atoms with Crippen molar-refractivity contribution in [1.29, 1.82) is 0 Å². The topological polar surface area (TPSA) is 88.3 Å². The van der Waals surface area contributed by atoms with Gasteiger partial charge < -0.3 is 14.7 Å². The first-order valence-electron chi connectivity index (χ1n) is 8.72. The highest BCUT2D eigenvalue weighted by atomic mass is 16.5. The van der Waals surface area contributed by atoms with E-state index >= 15 is 0 Å². The first kappa shape index (κ1) is 17.0. The number of benzene rings is 1. The molecule has 2 amide bonds. The van der Waals surface area contributed by atoms with Crippen LogP contribution in [-0.4, -0.2) is 28.5 Å². The van der Waals surface area contributed by atoms with Crippen LogP contribution in [0.4, 0.5) is 11.5 Å². The molecule has 0 saturated heterocycles. The number of nitrogens with one attached hydrogen (secondary N) is 1. The van der Waals surface area contributed by atoms with Gasteiger partial charge in [-0.05, 0) is 43.5 Å². The monoisotopic (exact) mass is 362 g/mol. The molecule has 3 aromatic rings. The molecule has 1 N–H and O–H groups in total. The van der Waals surface area contributed by atoms with Gasteiger partial charge >= 0.3 is 0 Å². The minimum Gasteiger partial charge on any atom is -0.360 e. The Kier molecular flexibility index (Phi) is 4.42. The summed E-state index contributed by atoms with van der Waals surface area (Å²) in [5.41, 5.74) is 2.65. The summed E-state index contributed by atoms with van der Waals surface area (Å²) in [5, 5.41) is 6.34. The number of anilines is 2. The zero-order chi connectivity index (χ0) is 18.8. The van der Waals surface area contributed by atoms with E-state index in [1.165, 1.54) is 12.3 Å². The van der Waals surface area contributed by atoms with Gasteiger partial charge in [0.25, 0.3) is 11.8 Å². The maximum absolute atomic E-state index is 13.0. The van der Waals surface area contributed by atoms with Crippen LogP contribution in [-0.2, 0) is 6.42 Å². The maximum atomic E-state index is 13.0. The van der Waals surface area contributed by atoms with Gasteiger partial charge in [0.05, 0.1) is 0 Å². The maximum Gasteiger partial charge on any atom is 0.275 e. The third kappa shape index (κ3) is 3.44. The second kappa shape index (κ2) is 7.03. The number of para-hydroxylation sites is 1. The normalized spacial score (nSPS) is 13.1. The molecule has 0 aliphatic carbocycles. The smallest absolute Gasteiger partial charge is 0.275 e. The van der Waals surface area contributed by atoms with Gasteiger partial charge in [0, 0.05) is 30.1 Å². The third-order valence-electron chi connectivity index (χ3n) is 4.46. The average molecular weight is 362 g/mol. The summed E-state index contributed by atoms with van der Waals surface area (Å²) in [6, 6.07) is 12.6. The molecule has 0 spiro atoms. The van der Waals surface area contributed by atoms with E-state index in [-0.39, 0.29) is 11.6 Å². The van der Waals surface area contributed by atoms with Gasteiger partial charge in [-0.3, -0.25) is 14.6 Å². The molecule has 0 radical (unpaired) electrons. The van der Waals surface area contributed by atoms with Crippen molar-refractivity contribution in [2.24, 2.45) is 0 Å². The van der Waals surface area contributed by atoms with Crippen molar-refractivity contribution >= 4 is 23.3 Å². The van der Waals surface area contributed by atoms with E-state index in [1.807, 2.05) is 24.3 Å². The molecule has 4 rings (SSSR count). The van der Waals surface area contributed by atoms with Crippen molar-refractivity contribution in [2.75, 3.05) is 16.8 Å². The molecule has 7 nitrogen and oxygen atoms in total. The Bertz CT molecular complexity index is 1010. The number of pyridine rings is 1. The predicted molar refractivity (Wildman–Crippen MR) is 99.9 cm³/mol. The fourth-order valence-electron chi connectivity index (χ4n) is 3.19. The number of amides is 2. The van der Waals surface area contributed by atoms with Crippen LogP contribution in [0.25, 0.3) is 0 Å². The summed E-state index contributed by atoms with van der Waals surface area (Å²) in [7, 11) is 0. The molecule has 136 valence electrons. The summed E-state index contributed by atoms with van der Waals surface area (Å²) in [4.78, 5) is 31.3. The molecular formula is C20H18N4O3. The van der Waals surface area contributed by atoms with Gasteiger partial charge in [-0.25, -0.2) is 0 Å². The van der Waals surface area contributed by atoms with Crippen LogP contribution in [0.15, 0.2) is 53.2 Å². The second-order valence-electron chi connectivity index (χ2n) is 6.40. The van der Waals surface area contributed by atoms with E-state index in [1.54, 1.807) is 24.0 Å². The first-order chi connectivity index (χ1) is 13.1. The Morgan fingerprint density at radius 1 is 1.19 bits per heavy atom. The van der Waals surface area contributed by atoms with Crippen LogP contribution < -0.4 is 10.2 Å². The van der Waals surface area contributed by atoms with Gasteiger partial charge in [-0.2, -0.15) is 0 Å². The Morgan fingerprint density at radius 3 is 2.85 bits per heavy atom. The number of nitrogens with zero attached hydrogens (tertiary/aromatic N) is 3. The lowest BCUT2D eigenvalue weighted by molar-refractivity contribution is 0.0985. The van der Waals surface area contributed by atoms with E-state index in [2.05, 4.69) is 15.5 Å². The zero-order valence-electron chi connectivity index (χ0n) is 14.8. The van der Waals surface area contributed by atoms with Crippen LogP contribution in [0.2, 0.25) is 0 Å². The van der Waals surface area contributed by atoms with Crippen LogP contribution in [0.3, 0.4) is 0 Å². The minimum atomic E-state index is -0.447. The lowest BCUT2D eigenvalue weighted by Crippen LogP contribution is -2.35. The Balaban J connectivity index is 1.57. The number of hydrogen-bond acceptors (Lipinski definition) is 5. The summed E-state index contributed by atoms with van der Waals surface area (Å²) >= 11 is 0.